The SMILES string of the molecule is O=C1CC(NC(=O)CCBr)CN1. The molecule has 1 atom stereocenters. The molecule has 0 aromatic rings. The average molecular weight is 235 g/mol. The molecular formula is C7H11BrN2O2. The fourth-order valence-corrected chi connectivity index (χ4v) is 1.45. The highest BCUT2D eigenvalue weighted by Crippen LogP contribution is 1.99. The molecule has 2 amide bonds. The van der Waals surface area contributed by atoms with Gasteiger partial charge in [0, 0.05) is 24.7 Å². The first-order valence-electron chi connectivity index (χ1n) is 3.84. The lowest BCUT2D eigenvalue weighted by molar-refractivity contribution is -0.121. The quantitative estimate of drug-likeness (QED) is 0.664. The number of carbonyl (C=O) groups is 2. The highest BCUT2D eigenvalue weighted by molar-refractivity contribution is 9.09. The maximum Gasteiger partial charge on any atom is 0.222 e. The number of hydrogen-bond donors (Lipinski definition) is 2. The summed E-state index contributed by atoms with van der Waals surface area (Å²) in [5.74, 6) is 0.00696. The van der Waals surface area contributed by atoms with E-state index < -0.39 is 0 Å². The zero-order valence-corrected chi connectivity index (χ0v) is 8.19. The van der Waals surface area contributed by atoms with Crippen LogP contribution in [0.1, 0.15) is 12.8 Å². The Balaban J connectivity index is 2.23. The van der Waals surface area contributed by atoms with Crippen molar-refractivity contribution in [1.29, 1.82) is 0 Å². The standard InChI is InChI=1S/C7H11BrN2O2/c8-2-1-6(11)10-5-3-7(12)9-4-5/h5H,1-4H2,(H,9,12)(H,10,11). The van der Waals surface area contributed by atoms with Gasteiger partial charge in [-0.25, -0.2) is 0 Å². The molecule has 0 aromatic carbocycles. The molecule has 1 aliphatic heterocycles. The number of amides is 2. The van der Waals surface area contributed by atoms with Crippen molar-refractivity contribution in [2.75, 3.05) is 11.9 Å². The zero-order valence-electron chi connectivity index (χ0n) is 6.60. The van der Waals surface area contributed by atoms with Crippen LogP contribution in [0.3, 0.4) is 0 Å². The summed E-state index contributed by atoms with van der Waals surface area (Å²) in [6.45, 7) is 0.562. The summed E-state index contributed by atoms with van der Waals surface area (Å²) in [5, 5.41) is 6.07. The Morgan fingerprint density at radius 1 is 1.75 bits per heavy atom. The highest BCUT2D eigenvalue weighted by Gasteiger charge is 2.22. The van der Waals surface area contributed by atoms with Crippen LogP contribution in [0.4, 0.5) is 0 Å². The van der Waals surface area contributed by atoms with Crippen LogP contribution in [0.2, 0.25) is 0 Å². The molecule has 1 aliphatic rings. The average Bonchev–Trinajstić information content (AvgIpc) is 2.36. The lowest BCUT2D eigenvalue weighted by atomic mass is 10.2. The van der Waals surface area contributed by atoms with Crippen LogP contribution in [0, 0.1) is 0 Å². The van der Waals surface area contributed by atoms with Gasteiger partial charge in [-0.05, 0) is 0 Å². The Labute approximate surface area is 79.2 Å². The Hall–Kier alpha value is -0.580. The van der Waals surface area contributed by atoms with Crippen LogP contribution >= 0.6 is 15.9 Å². The molecule has 12 heavy (non-hydrogen) atoms. The number of rotatable bonds is 3. The van der Waals surface area contributed by atoms with Crippen molar-refractivity contribution < 1.29 is 9.59 Å². The molecular weight excluding hydrogens is 224 g/mol. The number of hydrogen-bond acceptors (Lipinski definition) is 2. The van der Waals surface area contributed by atoms with Crippen molar-refractivity contribution in [2.24, 2.45) is 0 Å². The molecule has 1 unspecified atom stereocenters. The summed E-state index contributed by atoms with van der Waals surface area (Å²) >= 11 is 3.17. The minimum Gasteiger partial charge on any atom is -0.354 e. The second kappa shape index (κ2) is 4.45. The van der Waals surface area contributed by atoms with Crippen molar-refractivity contribution in [2.45, 2.75) is 18.9 Å². The van der Waals surface area contributed by atoms with E-state index in [0.717, 1.165) is 0 Å². The molecule has 4 nitrogen and oxygen atoms in total. The van der Waals surface area contributed by atoms with Gasteiger partial charge in [-0.1, -0.05) is 15.9 Å². The first kappa shape index (κ1) is 9.51. The molecule has 5 heteroatoms. The summed E-state index contributed by atoms with van der Waals surface area (Å²) in [6, 6.07) is -0.0101. The molecule has 1 saturated heterocycles. The summed E-state index contributed by atoms with van der Waals surface area (Å²) < 4.78 is 0. The number of carbonyl (C=O) groups excluding carboxylic acids is 2. The normalized spacial score (nSPS) is 22.1. The van der Waals surface area contributed by atoms with Gasteiger partial charge in [-0.3, -0.25) is 9.59 Å². The van der Waals surface area contributed by atoms with Crippen molar-refractivity contribution in [1.82, 2.24) is 10.6 Å². The lowest BCUT2D eigenvalue weighted by Crippen LogP contribution is -2.36. The first-order valence-corrected chi connectivity index (χ1v) is 4.96. The maximum atomic E-state index is 11.0. The van der Waals surface area contributed by atoms with Gasteiger partial charge in [-0.15, -0.1) is 0 Å². The van der Waals surface area contributed by atoms with Gasteiger partial charge < -0.3 is 10.6 Å². The lowest BCUT2D eigenvalue weighted by Gasteiger charge is -2.08. The third kappa shape index (κ3) is 2.81. The Kier molecular flexibility index (Phi) is 3.52. The van der Waals surface area contributed by atoms with Gasteiger partial charge in [0.15, 0.2) is 0 Å². The van der Waals surface area contributed by atoms with Gasteiger partial charge in [0.25, 0.3) is 0 Å². The molecule has 0 spiro atoms. The van der Waals surface area contributed by atoms with Crippen molar-refractivity contribution in [3.8, 4) is 0 Å². The Morgan fingerprint density at radius 3 is 3.00 bits per heavy atom. The van der Waals surface area contributed by atoms with Gasteiger partial charge >= 0.3 is 0 Å². The van der Waals surface area contributed by atoms with Gasteiger partial charge in [-0.2, -0.15) is 0 Å². The second-order valence-electron chi connectivity index (χ2n) is 2.71. The largest absolute Gasteiger partial charge is 0.354 e. The minimum atomic E-state index is -0.0101. The monoisotopic (exact) mass is 234 g/mol. The summed E-state index contributed by atoms with van der Waals surface area (Å²) in [6.07, 6.45) is 0.874. The Morgan fingerprint density at radius 2 is 2.50 bits per heavy atom. The molecule has 0 aromatic heterocycles. The smallest absolute Gasteiger partial charge is 0.222 e. The highest BCUT2D eigenvalue weighted by atomic mass is 79.9. The molecule has 1 rings (SSSR count). The van der Waals surface area contributed by atoms with Crippen molar-refractivity contribution in [3.63, 3.8) is 0 Å². The molecule has 1 heterocycles. The predicted molar refractivity (Wildman–Crippen MR) is 48.0 cm³/mol. The van der Waals surface area contributed by atoms with Gasteiger partial charge in [0.05, 0.1) is 6.04 Å². The van der Waals surface area contributed by atoms with Crippen LogP contribution in [-0.4, -0.2) is 29.7 Å². The maximum absolute atomic E-state index is 11.0. The first-order chi connectivity index (χ1) is 5.72. The van der Waals surface area contributed by atoms with E-state index in [4.69, 9.17) is 0 Å². The molecule has 0 aliphatic carbocycles. The third-order valence-corrected chi connectivity index (χ3v) is 2.06. The fourth-order valence-electron chi connectivity index (χ4n) is 1.09. The molecule has 68 valence electrons. The summed E-state index contributed by atoms with van der Waals surface area (Å²) in [4.78, 5) is 21.7. The van der Waals surface area contributed by atoms with E-state index in [1.54, 1.807) is 0 Å². The van der Waals surface area contributed by atoms with Crippen LogP contribution in [0.15, 0.2) is 0 Å². The van der Waals surface area contributed by atoms with Crippen molar-refractivity contribution >= 4 is 27.7 Å². The zero-order chi connectivity index (χ0) is 8.97. The van der Waals surface area contributed by atoms with Crippen LogP contribution in [0.5, 0.6) is 0 Å². The summed E-state index contributed by atoms with van der Waals surface area (Å²) in [7, 11) is 0. The van der Waals surface area contributed by atoms with E-state index in [9.17, 15) is 9.59 Å². The number of nitrogens with one attached hydrogen (secondary N) is 2. The van der Waals surface area contributed by atoms with E-state index in [1.807, 2.05) is 0 Å². The molecule has 0 bridgehead atoms. The summed E-state index contributed by atoms with van der Waals surface area (Å²) in [5.41, 5.74) is 0. The molecule has 2 N–H and O–H groups in total. The van der Waals surface area contributed by atoms with E-state index >= 15 is 0 Å². The van der Waals surface area contributed by atoms with E-state index in [1.165, 1.54) is 0 Å². The topological polar surface area (TPSA) is 58.2 Å². The van der Waals surface area contributed by atoms with Crippen molar-refractivity contribution in [3.05, 3.63) is 0 Å². The van der Waals surface area contributed by atoms with Gasteiger partial charge in [0.2, 0.25) is 11.8 Å². The minimum absolute atomic E-state index is 0.00613. The molecule has 0 radical (unpaired) electrons. The van der Waals surface area contributed by atoms with Gasteiger partial charge in [0.1, 0.15) is 0 Å². The Bertz CT molecular complexity index is 196. The van der Waals surface area contributed by atoms with E-state index in [2.05, 4.69) is 26.6 Å². The fraction of sp³-hybridized carbons (Fsp3) is 0.714. The van der Waals surface area contributed by atoms with E-state index in [-0.39, 0.29) is 17.9 Å². The third-order valence-electron chi connectivity index (χ3n) is 1.66. The van der Waals surface area contributed by atoms with Crippen LogP contribution in [0.25, 0.3) is 0 Å². The van der Waals surface area contributed by atoms with Crippen LogP contribution in [-0.2, 0) is 9.59 Å². The molecule has 0 saturated carbocycles. The van der Waals surface area contributed by atoms with Crippen LogP contribution < -0.4 is 10.6 Å². The number of halogens is 1. The van der Waals surface area contributed by atoms with E-state index in [0.29, 0.717) is 24.7 Å². The number of alkyl halides is 1. The second-order valence-corrected chi connectivity index (χ2v) is 3.50. The molecule has 1 fully saturated rings. The predicted octanol–water partition coefficient (Wildman–Crippen LogP) is -0.224.